The van der Waals surface area contributed by atoms with Crippen molar-refractivity contribution in [3.63, 3.8) is 0 Å². The normalized spacial score (nSPS) is 23.9. The number of para-hydroxylation sites is 2. The molecule has 40 heavy (non-hydrogen) atoms. The average Bonchev–Trinajstić information content (AvgIpc) is 3.45. The fourth-order valence-electron chi connectivity index (χ4n) is 6.70. The van der Waals surface area contributed by atoms with Crippen molar-refractivity contribution in [2.45, 2.75) is 17.5 Å². The van der Waals surface area contributed by atoms with E-state index in [1.165, 1.54) is 24.3 Å². The van der Waals surface area contributed by atoms with E-state index in [0.29, 0.717) is 16.8 Å². The number of fused-ring (bicyclic) bond motifs is 6. The number of Topliss-reactive ketones (excluding diaryl/α,β-unsaturated/α-hetero) is 2. The lowest BCUT2D eigenvalue weighted by Gasteiger charge is -2.37. The van der Waals surface area contributed by atoms with Gasteiger partial charge in [0.1, 0.15) is 17.3 Å². The van der Waals surface area contributed by atoms with Crippen LogP contribution in [0, 0.1) is 11.7 Å². The van der Waals surface area contributed by atoms with Gasteiger partial charge in [0.15, 0.2) is 11.6 Å². The first-order valence-corrected chi connectivity index (χ1v) is 13.8. The molecule has 4 atom stereocenters. The van der Waals surface area contributed by atoms with Gasteiger partial charge < -0.3 is 10.2 Å². The molecule has 0 saturated carbocycles. The van der Waals surface area contributed by atoms with Gasteiger partial charge in [-0.2, -0.15) is 0 Å². The maximum Gasteiger partial charge on any atom is 0.238 e. The van der Waals surface area contributed by atoms with E-state index in [1.807, 2.05) is 65.6 Å². The third kappa shape index (κ3) is 3.40. The van der Waals surface area contributed by atoms with E-state index in [2.05, 4.69) is 21.2 Å². The van der Waals surface area contributed by atoms with Crippen LogP contribution in [0.5, 0.6) is 0 Å². The Morgan fingerprint density at radius 1 is 0.825 bits per heavy atom. The minimum atomic E-state index is -1.38. The van der Waals surface area contributed by atoms with Gasteiger partial charge in [-0.05, 0) is 59.7 Å². The van der Waals surface area contributed by atoms with Crippen LogP contribution >= 0.6 is 15.9 Å². The van der Waals surface area contributed by atoms with Crippen LogP contribution in [0.3, 0.4) is 0 Å². The summed E-state index contributed by atoms with van der Waals surface area (Å²) in [6.07, 6.45) is 3.89. The number of halogens is 2. The molecule has 0 unspecified atom stereocenters. The van der Waals surface area contributed by atoms with Crippen LogP contribution in [0.15, 0.2) is 108 Å². The number of ketones is 2. The number of nitrogens with one attached hydrogen (secondary N) is 1. The van der Waals surface area contributed by atoms with Gasteiger partial charge in [0.05, 0.1) is 12.0 Å². The first-order chi connectivity index (χ1) is 19.4. The number of carbonyl (C=O) groups excluding carboxylic acids is 3. The highest BCUT2D eigenvalue weighted by Crippen LogP contribution is 2.58. The molecule has 0 aliphatic carbocycles. The Morgan fingerprint density at radius 3 is 2.25 bits per heavy atom. The zero-order valence-corrected chi connectivity index (χ0v) is 22.6. The highest BCUT2D eigenvalue weighted by molar-refractivity contribution is 9.10. The predicted octanol–water partition coefficient (Wildman–Crippen LogP) is 6.44. The van der Waals surface area contributed by atoms with Gasteiger partial charge in [0, 0.05) is 27.0 Å². The fraction of sp³-hybridized carbons (Fsp3) is 0.121. The lowest BCUT2D eigenvalue weighted by Crippen LogP contribution is -2.51. The zero-order valence-electron chi connectivity index (χ0n) is 21.1. The van der Waals surface area contributed by atoms with E-state index < -0.39 is 29.2 Å². The average molecular weight is 593 g/mol. The monoisotopic (exact) mass is 592 g/mol. The number of carbonyl (C=O) groups is 3. The maximum absolute atomic E-state index is 14.7. The van der Waals surface area contributed by atoms with Crippen LogP contribution in [0.1, 0.15) is 31.8 Å². The van der Waals surface area contributed by atoms with Crippen LogP contribution in [0.2, 0.25) is 0 Å². The predicted molar refractivity (Wildman–Crippen MR) is 155 cm³/mol. The SMILES string of the molecule is O=C(c1ccc(F)cc1)[C@@H]1[C@H](C(=O)c2ccc(Br)cc2)[C@@]2(C(=O)Nc3ccccc32)[C@@H]2C=Cc3ccccc3N12. The molecule has 7 rings (SSSR count). The van der Waals surface area contributed by atoms with E-state index in [0.717, 1.165) is 15.7 Å². The Morgan fingerprint density at radius 2 is 1.48 bits per heavy atom. The second kappa shape index (κ2) is 9.10. The number of benzene rings is 4. The van der Waals surface area contributed by atoms with E-state index >= 15 is 0 Å². The molecule has 196 valence electrons. The summed E-state index contributed by atoms with van der Waals surface area (Å²) in [4.78, 5) is 45.4. The van der Waals surface area contributed by atoms with Crippen molar-refractivity contribution < 1.29 is 18.8 Å². The van der Waals surface area contributed by atoms with Gasteiger partial charge in [0.25, 0.3) is 0 Å². The first kappa shape index (κ1) is 24.7. The van der Waals surface area contributed by atoms with Gasteiger partial charge in [-0.1, -0.05) is 76.6 Å². The van der Waals surface area contributed by atoms with Crippen LogP contribution in [-0.4, -0.2) is 29.6 Å². The molecule has 0 aromatic heterocycles. The summed E-state index contributed by atoms with van der Waals surface area (Å²) in [6.45, 7) is 0. The Kier molecular flexibility index (Phi) is 5.61. The Hall–Kier alpha value is -4.36. The zero-order chi connectivity index (χ0) is 27.6. The van der Waals surface area contributed by atoms with Crippen LogP contribution in [0.4, 0.5) is 15.8 Å². The molecule has 0 radical (unpaired) electrons. The highest BCUT2D eigenvalue weighted by Gasteiger charge is 2.70. The largest absolute Gasteiger partial charge is 0.352 e. The van der Waals surface area contributed by atoms with E-state index in [-0.39, 0.29) is 23.0 Å². The number of nitrogens with zero attached hydrogens (tertiary/aromatic N) is 1. The number of anilines is 2. The number of rotatable bonds is 4. The molecule has 1 spiro atoms. The molecule has 3 heterocycles. The standard InChI is InChI=1S/C33H22BrFN2O3/c34-22-14-9-20(10-15-22)30(38)28-29(31(39)21-11-16-23(35)17-12-21)37-26-8-4-1-5-19(26)13-18-27(37)33(28)24-6-2-3-7-25(24)36-32(33)40/h1-18,27-29H,(H,36,40)/t27-,28+,29-,33-/m0/s1. The number of hydrogen-bond donors (Lipinski definition) is 1. The summed E-state index contributed by atoms with van der Waals surface area (Å²) in [5.41, 5.74) is 2.25. The molecule has 3 aliphatic heterocycles. The number of amides is 1. The van der Waals surface area contributed by atoms with Crippen molar-refractivity contribution in [3.05, 3.63) is 136 Å². The van der Waals surface area contributed by atoms with Crippen LogP contribution in [0.25, 0.3) is 6.08 Å². The minimum Gasteiger partial charge on any atom is -0.352 e. The fourth-order valence-corrected chi connectivity index (χ4v) is 6.96. The Labute approximate surface area is 238 Å². The molecule has 4 aromatic rings. The lowest BCUT2D eigenvalue weighted by molar-refractivity contribution is -0.121. The first-order valence-electron chi connectivity index (χ1n) is 13.0. The third-order valence-electron chi connectivity index (χ3n) is 8.35. The van der Waals surface area contributed by atoms with Gasteiger partial charge in [-0.3, -0.25) is 14.4 Å². The minimum absolute atomic E-state index is 0.273. The summed E-state index contributed by atoms with van der Waals surface area (Å²) in [5.74, 6) is -2.51. The molecule has 5 nitrogen and oxygen atoms in total. The van der Waals surface area contributed by atoms with Gasteiger partial charge in [-0.15, -0.1) is 0 Å². The molecular formula is C33H22BrFN2O3. The van der Waals surface area contributed by atoms with E-state index in [9.17, 15) is 18.8 Å². The molecule has 3 aliphatic rings. The molecule has 7 heteroatoms. The van der Waals surface area contributed by atoms with Crippen LogP contribution in [-0.2, 0) is 10.2 Å². The Bertz CT molecular complexity index is 1730. The van der Waals surface area contributed by atoms with Crippen LogP contribution < -0.4 is 10.2 Å². The third-order valence-corrected chi connectivity index (χ3v) is 8.88. The topological polar surface area (TPSA) is 66.5 Å². The second-order valence-electron chi connectivity index (χ2n) is 10.3. The summed E-state index contributed by atoms with van der Waals surface area (Å²) >= 11 is 3.43. The van der Waals surface area contributed by atoms with Crippen molar-refractivity contribution in [2.24, 2.45) is 5.92 Å². The maximum atomic E-state index is 14.7. The summed E-state index contributed by atoms with van der Waals surface area (Å²) in [7, 11) is 0. The summed E-state index contributed by atoms with van der Waals surface area (Å²) in [5, 5.41) is 3.02. The van der Waals surface area contributed by atoms with Crippen molar-refractivity contribution >= 4 is 50.9 Å². The highest BCUT2D eigenvalue weighted by atomic mass is 79.9. The molecular weight excluding hydrogens is 571 g/mol. The van der Waals surface area contributed by atoms with Gasteiger partial charge in [0.2, 0.25) is 5.91 Å². The summed E-state index contributed by atoms with van der Waals surface area (Å²) < 4.78 is 14.7. The number of hydrogen-bond acceptors (Lipinski definition) is 4. The molecule has 1 fully saturated rings. The molecule has 4 aromatic carbocycles. The van der Waals surface area contributed by atoms with Crippen molar-refractivity contribution in [3.8, 4) is 0 Å². The molecule has 1 saturated heterocycles. The smallest absolute Gasteiger partial charge is 0.238 e. The second-order valence-corrected chi connectivity index (χ2v) is 11.2. The quantitative estimate of drug-likeness (QED) is 0.277. The van der Waals surface area contributed by atoms with Crippen molar-refractivity contribution in [2.75, 3.05) is 10.2 Å². The van der Waals surface area contributed by atoms with Crippen molar-refractivity contribution in [1.82, 2.24) is 0 Å². The Balaban J connectivity index is 1.53. The van der Waals surface area contributed by atoms with E-state index in [1.54, 1.807) is 24.3 Å². The van der Waals surface area contributed by atoms with Gasteiger partial charge in [-0.25, -0.2) is 4.39 Å². The van der Waals surface area contributed by atoms with E-state index in [4.69, 9.17) is 0 Å². The summed E-state index contributed by atoms with van der Waals surface area (Å²) in [6, 6.07) is 25.7. The molecule has 1 amide bonds. The molecule has 1 N–H and O–H groups in total. The lowest BCUT2D eigenvalue weighted by atomic mass is 9.64. The molecule has 0 bridgehead atoms. The van der Waals surface area contributed by atoms with Crippen molar-refractivity contribution in [1.29, 1.82) is 0 Å². The van der Waals surface area contributed by atoms with Gasteiger partial charge >= 0.3 is 0 Å².